The summed E-state index contributed by atoms with van der Waals surface area (Å²) in [6, 6.07) is 12.4. The highest BCUT2D eigenvalue weighted by atomic mass is 19.4. The molecule has 1 aliphatic heterocycles. The van der Waals surface area contributed by atoms with Crippen LogP contribution in [-0.2, 0) is 4.79 Å². The number of pyridine rings is 1. The highest BCUT2D eigenvalue weighted by Gasteiger charge is 2.32. The van der Waals surface area contributed by atoms with Crippen LogP contribution in [0, 0.1) is 5.82 Å². The van der Waals surface area contributed by atoms with Gasteiger partial charge in [0.2, 0.25) is 5.91 Å². The summed E-state index contributed by atoms with van der Waals surface area (Å²) in [4.78, 5) is 33.6. The van der Waals surface area contributed by atoms with Gasteiger partial charge in [-0.15, -0.1) is 13.2 Å². The topological polar surface area (TPSA) is 86.8 Å². The van der Waals surface area contributed by atoms with Crippen LogP contribution < -0.4 is 15.4 Å². The predicted octanol–water partition coefficient (Wildman–Crippen LogP) is 4.22. The quantitative estimate of drug-likeness (QED) is 0.444. The van der Waals surface area contributed by atoms with Gasteiger partial charge in [0, 0.05) is 37.3 Å². The zero-order valence-electron chi connectivity index (χ0n) is 20.4. The third-order valence-corrected chi connectivity index (χ3v) is 5.88. The lowest BCUT2D eigenvalue weighted by molar-refractivity contribution is -0.274. The molecule has 1 saturated heterocycles. The Morgan fingerprint density at radius 1 is 1.00 bits per heavy atom. The number of amides is 2. The fraction of sp³-hybridized carbons (Fsp3) is 0.269. The summed E-state index contributed by atoms with van der Waals surface area (Å²) in [6.07, 6.45) is -3.66. The van der Waals surface area contributed by atoms with Crippen LogP contribution in [0.25, 0.3) is 11.3 Å². The molecule has 12 heteroatoms. The molecule has 1 aliphatic rings. The Hall–Kier alpha value is -4.03. The van der Waals surface area contributed by atoms with Gasteiger partial charge in [0.05, 0.1) is 29.8 Å². The van der Waals surface area contributed by atoms with Gasteiger partial charge in [-0.3, -0.25) is 19.5 Å². The Balaban J connectivity index is 1.48. The number of carbonyl (C=O) groups excluding carboxylic acids is 2. The van der Waals surface area contributed by atoms with Gasteiger partial charge in [-0.2, -0.15) is 0 Å². The van der Waals surface area contributed by atoms with Gasteiger partial charge in [0.15, 0.2) is 5.75 Å². The van der Waals surface area contributed by atoms with Gasteiger partial charge in [-0.05, 0) is 49.5 Å². The van der Waals surface area contributed by atoms with Crippen LogP contribution in [0.1, 0.15) is 10.4 Å². The minimum absolute atomic E-state index is 0.0181. The van der Waals surface area contributed by atoms with Gasteiger partial charge in [0.1, 0.15) is 5.82 Å². The van der Waals surface area contributed by atoms with Crippen molar-refractivity contribution < 1.29 is 31.9 Å². The number of aromatic nitrogens is 1. The van der Waals surface area contributed by atoms with Crippen molar-refractivity contribution in [3.05, 3.63) is 72.2 Å². The van der Waals surface area contributed by atoms with Crippen molar-refractivity contribution >= 4 is 23.2 Å². The predicted molar refractivity (Wildman–Crippen MR) is 133 cm³/mol. The van der Waals surface area contributed by atoms with E-state index >= 15 is 0 Å². The van der Waals surface area contributed by atoms with E-state index < -0.39 is 29.7 Å². The van der Waals surface area contributed by atoms with E-state index in [1.807, 2.05) is 11.9 Å². The van der Waals surface area contributed by atoms with Crippen LogP contribution in [0.4, 0.5) is 28.9 Å². The van der Waals surface area contributed by atoms with E-state index in [9.17, 15) is 27.2 Å². The molecule has 4 rings (SSSR count). The van der Waals surface area contributed by atoms with E-state index in [1.54, 1.807) is 18.2 Å². The number of anilines is 2. The van der Waals surface area contributed by atoms with Gasteiger partial charge in [-0.1, -0.05) is 12.1 Å². The average Bonchev–Trinajstić information content (AvgIpc) is 2.86. The summed E-state index contributed by atoms with van der Waals surface area (Å²) in [7, 11) is 1.96. The van der Waals surface area contributed by atoms with Crippen molar-refractivity contribution in [1.29, 1.82) is 0 Å². The number of likely N-dealkylation sites (N-methyl/N-ethyl adjacent to an activating group) is 1. The molecule has 0 aliphatic carbocycles. The van der Waals surface area contributed by atoms with E-state index in [0.29, 0.717) is 24.3 Å². The first-order valence-electron chi connectivity index (χ1n) is 11.7. The number of hydrogen-bond donors (Lipinski definition) is 2. The highest BCUT2D eigenvalue weighted by Crippen LogP contribution is 2.32. The molecule has 1 fully saturated rings. The standard InChI is InChI=1S/C26H25F4N5O3/c1-34-10-12-35(13-11-34)16-24(36)33-22-14-17(6-9-23(22)38-26(28,29)30)25(37)32-18-7-8-21(31-15-18)19-4-2-3-5-20(19)27/h2-9,14-15H,10-13,16H2,1H3,(H,32,37)(H,33,36). The lowest BCUT2D eigenvalue weighted by Gasteiger charge is -2.31. The summed E-state index contributed by atoms with van der Waals surface area (Å²) in [5.74, 6) is -2.28. The van der Waals surface area contributed by atoms with Crippen LogP contribution in [0.3, 0.4) is 0 Å². The minimum atomic E-state index is -4.99. The zero-order chi connectivity index (χ0) is 27.3. The molecule has 0 radical (unpaired) electrons. The fourth-order valence-electron chi connectivity index (χ4n) is 3.88. The lowest BCUT2D eigenvalue weighted by Crippen LogP contribution is -2.47. The van der Waals surface area contributed by atoms with Crippen molar-refractivity contribution in [2.75, 3.05) is 50.4 Å². The Kier molecular flexibility index (Phi) is 8.23. The maximum Gasteiger partial charge on any atom is 0.573 e. The second-order valence-electron chi connectivity index (χ2n) is 8.75. The monoisotopic (exact) mass is 531 g/mol. The van der Waals surface area contributed by atoms with Gasteiger partial charge < -0.3 is 20.3 Å². The molecule has 2 aromatic carbocycles. The number of halogens is 4. The third kappa shape index (κ3) is 7.26. The molecule has 2 amide bonds. The largest absolute Gasteiger partial charge is 0.573 e. The minimum Gasteiger partial charge on any atom is -0.404 e. The van der Waals surface area contributed by atoms with Crippen LogP contribution in [0.2, 0.25) is 0 Å². The molecule has 0 atom stereocenters. The maximum absolute atomic E-state index is 14.0. The molecular formula is C26H25F4N5O3. The van der Waals surface area contributed by atoms with E-state index in [2.05, 4.69) is 25.3 Å². The first-order chi connectivity index (χ1) is 18.1. The number of benzene rings is 2. The number of nitrogens with one attached hydrogen (secondary N) is 2. The number of carbonyl (C=O) groups is 2. The third-order valence-electron chi connectivity index (χ3n) is 5.88. The van der Waals surface area contributed by atoms with Crippen molar-refractivity contribution in [2.45, 2.75) is 6.36 Å². The summed E-state index contributed by atoms with van der Waals surface area (Å²) in [6.45, 7) is 2.79. The maximum atomic E-state index is 14.0. The number of hydrogen-bond acceptors (Lipinski definition) is 6. The van der Waals surface area contributed by atoms with E-state index in [-0.39, 0.29) is 23.5 Å². The number of rotatable bonds is 7. The molecule has 1 aromatic heterocycles. The second-order valence-corrected chi connectivity index (χ2v) is 8.75. The normalized spacial score (nSPS) is 14.7. The summed E-state index contributed by atoms with van der Waals surface area (Å²) in [5.41, 5.74) is 0.628. The van der Waals surface area contributed by atoms with E-state index in [0.717, 1.165) is 31.3 Å². The van der Waals surface area contributed by atoms with Crippen molar-refractivity contribution in [3.8, 4) is 17.0 Å². The van der Waals surface area contributed by atoms with Crippen molar-refractivity contribution in [1.82, 2.24) is 14.8 Å². The van der Waals surface area contributed by atoms with Crippen LogP contribution in [0.15, 0.2) is 60.8 Å². The molecule has 3 aromatic rings. The summed E-state index contributed by atoms with van der Waals surface area (Å²) in [5, 5.41) is 5.02. The Labute approximate surface area is 216 Å². The van der Waals surface area contributed by atoms with E-state index in [4.69, 9.17) is 0 Å². The van der Waals surface area contributed by atoms with Crippen molar-refractivity contribution in [2.24, 2.45) is 0 Å². The summed E-state index contributed by atoms with van der Waals surface area (Å²) < 4.78 is 56.9. The van der Waals surface area contributed by atoms with Gasteiger partial charge in [0.25, 0.3) is 5.91 Å². The SMILES string of the molecule is CN1CCN(CC(=O)Nc2cc(C(=O)Nc3ccc(-c4ccccc4F)nc3)ccc2OC(F)(F)F)CC1. The number of piperazine rings is 1. The molecule has 0 unspecified atom stereocenters. The van der Waals surface area contributed by atoms with E-state index in [1.165, 1.54) is 24.4 Å². The smallest absolute Gasteiger partial charge is 0.404 e. The van der Waals surface area contributed by atoms with Crippen LogP contribution >= 0.6 is 0 Å². The van der Waals surface area contributed by atoms with Crippen LogP contribution in [0.5, 0.6) is 5.75 Å². The Morgan fingerprint density at radius 2 is 1.74 bits per heavy atom. The molecule has 8 nitrogen and oxygen atoms in total. The molecule has 0 spiro atoms. The molecule has 2 heterocycles. The molecule has 38 heavy (non-hydrogen) atoms. The molecular weight excluding hydrogens is 506 g/mol. The summed E-state index contributed by atoms with van der Waals surface area (Å²) >= 11 is 0. The lowest BCUT2D eigenvalue weighted by atomic mass is 10.1. The molecule has 0 saturated carbocycles. The van der Waals surface area contributed by atoms with Crippen LogP contribution in [-0.4, -0.2) is 72.7 Å². The number of alkyl halides is 3. The highest BCUT2D eigenvalue weighted by molar-refractivity contribution is 6.06. The first-order valence-corrected chi connectivity index (χ1v) is 11.7. The van der Waals surface area contributed by atoms with Gasteiger partial charge >= 0.3 is 6.36 Å². The average molecular weight is 532 g/mol. The second kappa shape index (κ2) is 11.6. The van der Waals surface area contributed by atoms with Crippen molar-refractivity contribution in [3.63, 3.8) is 0 Å². The Morgan fingerprint density at radius 3 is 2.39 bits per heavy atom. The number of ether oxygens (including phenoxy) is 1. The fourth-order valence-corrected chi connectivity index (χ4v) is 3.88. The molecule has 0 bridgehead atoms. The Bertz CT molecular complexity index is 1290. The zero-order valence-corrected chi connectivity index (χ0v) is 20.4. The molecule has 200 valence electrons. The van der Waals surface area contributed by atoms with Gasteiger partial charge in [-0.25, -0.2) is 4.39 Å². The number of nitrogens with zero attached hydrogens (tertiary/aromatic N) is 3. The molecule has 2 N–H and O–H groups in total. The first kappa shape index (κ1) is 27.0.